The van der Waals surface area contributed by atoms with E-state index in [1.165, 1.54) is 0 Å². The lowest BCUT2D eigenvalue weighted by Crippen LogP contribution is -2.36. The van der Waals surface area contributed by atoms with Crippen molar-refractivity contribution in [2.24, 2.45) is 5.92 Å². The van der Waals surface area contributed by atoms with E-state index >= 15 is 0 Å². The average Bonchev–Trinajstić information content (AvgIpc) is 2.01. The van der Waals surface area contributed by atoms with Crippen LogP contribution in [0.5, 0.6) is 0 Å². The summed E-state index contributed by atoms with van der Waals surface area (Å²) in [6, 6.07) is 0. The lowest BCUT2D eigenvalue weighted by Gasteiger charge is -2.31. The summed E-state index contributed by atoms with van der Waals surface area (Å²) in [4.78, 5) is 0. The Balaban J connectivity index is 4.02. The Bertz CT molecular complexity index is 87.3. The molecule has 0 bridgehead atoms. The minimum atomic E-state index is -0.408. The molecule has 0 saturated heterocycles. The first-order chi connectivity index (χ1) is 4.60. The number of ether oxygens (including phenoxy) is 2. The largest absolute Gasteiger partial charge is 0.353 e. The van der Waals surface area contributed by atoms with E-state index in [1.807, 2.05) is 6.92 Å². The molecule has 0 aliphatic rings. The van der Waals surface area contributed by atoms with Crippen molar-refractivity contribution in [3.8, 4) is 0 Å². The maximum Gasteiger partial charge on any atom is 0.167 e. The first-order valence-electron chi connectivity index (χ1n) is 3.71. The second-order valence-corrected chi connectivity index (χ2v) is 2.73. The fraction of sp³-hybridized carbons (Fsp3) is 1.00. The lowest BCUT2D eigenvalue weighted by molar-refractivity contribution is -0.223. The fourth-order valence-corrected chi connectivity index (χ4v) is 0.856. The summed E-state index contributed by atoms with van der Waals surface area (Å²) in [5, 5.41) is 0. The van der Waals surface area contributed by atoms with Gasteiger partial charge in [0.1, 0.15) is 0 Å². The first kappa shape index (κ1) is 9.92. The molecule has 0 aromatic rings. The highest BCUT2D eigenvalue weighted by atomic mass is 16.7. The van der Waals surface area contributed by atoms with Crippen molar-refractivity contribution in [2.75, 3.05) is 14.2 Å². The predicted molar refractivity (Wildman–Crippen MR) is 41.9 cm³/mol. The van der Waals surface area contributed by atoms with Crippen LogP contribution in [0.2, 0.25) is 0 Å². The number of hydrogen-bond acceptors (Lipinski definition) is 2. The molecule has 0 aliphatic heterocycles. The Labute approximate surface area is 63.5 Å². The second-order valence-electron chi connectivity index (χ2n) is 2.73. The molecule has 0 heterocycles. The third kappa shape index (κ3) is 1.96. The molecule has 0 aromatic heterocycles. The van der Waals surface area contributed by atoms with Crippen molar-refractivity contribution in [3.05, 3.63) is 0 Å². The molecule has 0 spiro atoms. The fourth-order valence-electron chi connectivity index (χ4n) is 0.856. The molecular weight excluding hydrogens is 128 g/mol. The van der Waals surface area contributed by atoms with Crippen molar-refractivity contribution < 1.29 is 9.47 Å². The van der Waals surface area contributed by atoms with Crippen molar-refractivity contribution in [2.45, 2.75) is 33.0 Å². The van der Waals surface area contributed by atoms with Gasteiger partial charge in [0.05, 0.1) is 0 Å². The van der Waals surface area contributed by atoms with Gasteiger partial charge in [-0.1, -0.05) is 13.8 Å². The number of rotatable bonds is 4. The highest BCUT2D eigenvalue weighted by Gasteiger charge is 2.28. The van der Waals surface area contributed by atoms with E-state index in [-0.39, 0.29) is 0 Å². The van der Waals surface area contributed by atoms with Gasteiger partial charge in [-0.05, 0) is 13.3 Å². The molecule has 0 saturated carbocycles. The van der Waals surface area contributed by atoms with Crippen LogP contribution in [-0.4, -0.2) is 20.0 Å². The standard InChI is InChI=1S/C8H18O2/c1-6-7(2)8(3,9-4)10-5/h7H,6H2,1-5H3. The first-order valence-corrected chi connectivity index (χ1v) is 3.71. The van der Waals surface area contributed by atoms with Gasteiger partial charge < -0.3 is 9.47 Å². The van der Waals surface area contributed by atoms with E-state index < -0.39 is 5.79 Å². The van der Waals surface area contributed by atoms with Gasteiger partial charge in [0.2, 0.25) is 0 Å². The minimum Gasteiger partial charge on any atom is -0.353 e. The average molecular weight is 146 g/mol. The summed E-state index contributed by atoms with van der Waals surface area (Å²) >= 11 is 0. The van der Waals surface area contributed by atoms with Crippen molar-refractivity contribution in [1.29, 1.82) is 0 Å². The third-order valence-corrected chi connectivity index (χ3v) is 2.32. The van der Waals surface area contributed by atoms with Crippen molar-refractivity contribution in [3.63, 3.8) is 0 Å². The molecule has 10 heavy (non-hydrogen) atoms. The highest BCUT2D eigenvalue weighted by molar-refractivity contribution is 4.68. The zero-order valence-corrected chi connectivity index (χ0v) is 7.60. The Kier molecular flexibility index (Phi) is 3.91. The van der Waals surface area contributed by atoms with E-state index in [0.717, 1.165) is 6.42 Å². The van der Waals surface area contributed by atoms with Gasteiger partial charge in [0, 0.05) is 20.1 Å². The van der Waals surface area contributed by atoms with Crippen LogP contribution in [0.25, 0.3) is 0 Å². The van der Waals surface area contributed by atoms with Gasteiger partial charge in [0.25, 0.3) is 0 Å². The molecular formula is C8H18O2. The molecule has 0 rings (SSSR count). The summed E-state index contributed by atoms with van der Waals surface area (Å²) in [5.74, 6) is 0.0249. The molecule has 0 amide bonds. The Morgan fingerprint density at radius 1 is 1.30 bits per heavy atom. The van der Waals surface area contributed by atoms with Crippen LogP contribution in [0.4, 0.5) is 0 Å². The Morgan fingerprint density at radius 2 is 1.70 bits per heavy atom. The normalized spacial score (nSPS) is 15.3. The van der Waals surface area contributed by atoms with E-state index in [0.29, 0.717) is 5.92 Å². The summed E-state index contributed by atoms with van der Waals surface area (Å²) in [6.07, 6.45) is 1.07. The molecule has 0 fully saturated rings. The smallest absolute Gasteiger partial charge is 0.167 e. The van der Waals surface area contributed by atoms with Gasteiger partial charge in [-0.3, -0.25) is 0 Å². The van der Waals surface area contributed by atoms with Crippen LogP contribution in [-0.2, 0) is 9.47 Å². The zero-order chi connectivity index (χ0) is 8.20. The molecule has 2 heteroatoms. The summed E-state index contributed by atoms with van der Waals surface area (Å²) < 4.78 is 10.4. The SMILES string of the molecule is CCC(C)C(C)(OC)OC. The van der Waals surface area contributed by atoms with E-state index in [2.05, 4.69) is 13.8 Å². The van der Waals surface area contributed by atoms with Crippen LogP contribution in [0.15, 0.2) is 0 Å². The molecule has 62 valence electrons. The van der Waals surface area contributed by atoms with Crippen LogP contribution >= 0.6 is 0 Å². The van der Waals surface area contributed by atoms with E-state index in [1.54, 1.807) is 14.2 Å². The molecule has 1 unspecified atom stereocenters. The molecule has 2 nitrogen and oxygen atoms in total. The van der Waals surface area contributed by atoms with Crippen LogP contribution in [0.1, 0.15) is 27.2 Å². The highest BCUT2D eigenvalue weighted by Crippen LogP contribution is 2.23. The molecule has 0 radical (unpaired) electrons. The molecule has 0 aromatic carbocycles. The topological polar surface area (TPSA) is 18.5 Å². The van der Waals surface area contributed by atoms with Gasteiger partial charge in [-0.2, -0.15) is 0 Å². The number of methoxy groups -OCH3 is 2. The lowest BCUT2D eigenvalue weighted by atomic mass is 10.00. The monoisotopic (exact) mass is 146 g/mol. The van der Waals surface area contributed by atoms with Crippen LogP contribution < -0.4 is 0 Å². The Morgan fingerprint density at radius 3 is 1.80 bits per heavy atom. The van der Waals surface area contributed by atoms with Crippen molar-refractivity contribution in [1.82, 2.24) is 0 Å². The molecule has 1 atom stereocenters. The summed E-state index contributed by atoms with van der Waals surface area (Å²) in [5.41, 5.74) is 0. The molecule has 0 N–H and O–H groups in total. The van der Waals surface area contributed by atoms with Gasteiger partial charge in [0.15, 0.2) is 5.79 Å². The quantitative estimate of drug-likeness (QED) is 0.565. The Hall–Kier alpha value is -0.0800. The summed E-state index contributed by atoms with van der Waals surface area (Å²) in [6.45, 7) is 6.20. The predicted octanol–water partition coefficient (Wildman–Crippen LogP) is 2.04. The zero-order valence-electron chi connectivity index (χ0n) is 7.60. The summed E-state index contributed by atoms with van der Waals surface area (Å²) in [7, 11) is 3.35. The number of hydrogen-bond donors (Lipinski definition) is 0. The van der Waals surface area contributed by atoms with Gasteiger partial charge in [-0.25, -0.2) is 0 Å². The van der Waals surface area contributed by atoms with Crippen molar-refractivity contribution >= 4 is 0 Å². The second kappa shape index (κ2) is 3.94. The van der Waals surface area contributed by atoms with E-state index in [9.17, 15) is 0 Å². The molecule has 0 aliphatic carbocycles. The van der Waals surface area contributed by atoms with Crippen LogP contribution in [0.3, 0.4) is 0 Å². The third-order valence-electron chi connectivity index (χ3n) is 2.32. The van der Waals surface area contributed by atoms with Gasteiger partial charge in [-0.15, -0.1) is 0 Å². The van der Waals surface area contributed by atoms with Gasteiger partial charge >= 0.3 is 0 Å². The maximum absolute atomic E-state index is 5.22. The van der Waals surface area contributed by atoms with Crippen LogP contribution in [0, 0.1) is 5.92 Å². The van der Waals surface area contributed by atoms with E-state index in [4.69, 9.17) is 9.47 Å². The maximum atomic E-state index is 5.22. The minimum absolute atomic E-state index is 0.408.